The maximum atomic E-state index is 12.2. The molecule has 0 bridgehead atoms. The lowest BCUT2D eigenvalue weighted by Crippen LogP contribution is -2.29. The molecule has 0 aliphatic carbocycles. The number of amides is 2. The van der Waals surface area contributed by atoms with Crippen molar-refractivity contribution >= 4 is 23.5 Å². The van der Waals surface area contributed by atoms with Gasteiger partial charge in [-0.15, -0.1) is 0 Å². The molecular weight excluding hydrogens is 262 g/mol. The summed E-state index contributed by atoms with van der Waals surface area (Å²) in [6.07, 6.45) is 0.467. The lowest BCUT2D eigenvalue weighted by atomic mass is 10.3. The number of hydrogen-bond donors (Lipinski definition) is 3. The van der Waals surface area contributed by atoms with Crippen molar-refractivity contribution in [3.8, 4) is 0 Å². The average Bonchev–Trinajstić information content (AvgIpc) is 2.28. The zero-order chi connectivity index (χ0) is 13.4. The van der Waals surface area contributed by atoms with E-state index in [1.54, 1.807) is 18.2 Å². The van der Waals surface area contributed by atoms with Crippen molar-refractivity contribution in [3.05, 3.63) is 24.3 Å². The predicted molar refractivity (Wildman–Crippen MR) is 67.0 cm³/mol. The van der Waals surface area contributed by atoms with Gasteiger partial charge in [-0.25, -0.2) is 4.79 Å². The molecule has 1 rings (SSSR count). The maximum absolute atomic E-state index is 12.2. The second kappa shape index (κ2) is 7.88. The quantitative estimate of drug-likeness (QED) is 0.552. The normalized spacial score (nSPS) is 10.4. The molecule has 7 heteroatoms. The van der Waals surface area contributed by atoms with E-state index in [2.05, 4.69) is 10.6 Å². The van der Waals surface area contributed by atoms with Gasteiger partial charge in [-0.05, 0) is 24.6 Å². The first-order chi connectivity index (χ1) is 8.61. The third kappa shape index (κ3) is 5.83. The van der Waals surface area contributed by atoms with Crippen molar-refractivity contribution in [2.45, 2.75) is 17.1 Å². The molecule has 1 aromatic carbocycles. The fourth-order valence-corrected chi connectivity index (χ4v) is 1.76. The number of halogens is 2. The summed E-state index contributed by atoms with van der Waals surface area (Å²) in [5, 5.41) is 13.6. The van der Waals surface area contributed by atoms with Gasteiger partial charge in [0.1, 0.15) is 0 Å². The van der Waals surface area contributed by atoms with Gasteiger partial charge >= 0.3 is 6.03 Å². The largest absolute Gasteiger partial charge is 0.396 e. The molecule has 0 spiro atoms. The summed E-state index contributed by atoms with van der Waals surface area (Å²) in [4.78, 5) is 11.7. The van der Waals surface area contributed by atoms with Crippen LogP contribution < -0.4 is 10.6 Å². The molecule has 3 N–H and O–H groups in total. The van der Waals surface area contributed by atoms with Gasteiger partial charge in [-0.2, -0.15) is 8.78 Å². The van der Waals surface area contributed by atoms with Crippen LogP contribution in [-0.4, -0.2) is 30.0 Å². The number of carbonyl (C=O) groups is 1. The van der Waals surface area contributed by atoms with Gasteiger partial charge in [0.05, 0.1) is 0 Å². The maximum Gasteiger partial charge on any atom is 0.319 e. The summed E-state index contributed by atoms with van der Waals surface area (Å²) < 4.78 is 24.3. The SMILES string of the molecule is O=C(NCCCO)Nc1cccc(SC(F)F)c1. The predicted octanol–water partition coefficient (Wildman–Crippen LogP) is 2.51. The molecule has 1 aromatic rings. The summed E-state index contributed by atoms with van der Waals surface area (Å²) in [6.45, 7) is 0.356. The van der Waals surface area contributed by atoms with Crippen LogP contribution in [0, 0.1) is 0 Å². The molecule has 0 atom stereocenters. The molecule has 2 amide bonds. The topological polar surface area (TPSA) is 61.4 Å². The molecule has 100 valence electrons. The van der Waals surface area contributed by atoms with Crippen LogP contribution in [0.5, 0.6) is 0 Å². The number of thioether (sulfide) groups is 1. The number of alkyl halides is 2. The van der Waals surface area contributed by atoms with E-state index >= 15 is 0 Å². The second-order valence-corrected chi connectivity index (χ2v) is 4.43. The van der Waals surface area contributed by atoms with Gasteiger partial charge in [0.25, 0.3) is 5.76 Å². The fourth-order valence-electron chi connectivity index (χ4n) is 1.21. The van der Waals surface area contributed by atoms with Crippen molar-refractivity contribution in [1.29, 1.82) is 0 Å². The summed E-state index contributed by atoms with van der Waals surface area (Å²) in [5.74, 6) is -2.49. The average molecular weight is 276 g/mol. The van der Waals surface area contributed by atoms with E-state index in [4.69, 9.17) is 5.11 Å². The van der Waals surface area contributed by atoms with E-state index < -0.39 is 11.8 Å². The molecule has 0 aliphatic heterocycles. The highest BCUT2D eigenvalue weighted by molar-refractivity contribution is 7.99. The van der Waals surface area contributed by atoms with E-state index in [1.807, 2.05) is 0 Å². The number of hydrogen-bond acceptors (Lipinski definition) is 3. The van der Waals surface area contributed by atoms with Crippen molar-refractivity contribution in [2.75, 3.05) is 18.5 Å². The highest BCUT2D eigenvalue weighted by Crippen LogP contribution is 2.27. The monoisotopic (exact) mass is 276 g/mol. The number of carbonyl (C=O) groups excluding carboxylic acids is 1. The van der Waals surface area contributed by atoms with Crippen LogP contribution in [0.2, 0.25) is 0 Å². The number of benzene rings is 1. The third-order valence-electron chi connectivity index (χ3n) is 1.94. The van der Waals surface area contributed by atoms with Crippen LogP contribution in [0.25, 0.3) is 0 Å². The van der Waals surface area contributed by atoms with Gasteiger partial charge in [-0.3, -0.25) is 0 Å². The van der Waals surface area contributed by atoms with Crippen molar-refractivity contribution in [3.63, 3.8) is 0 Å². The van der Waals surface area contributed by atoms with Gasteiger partial charge in [0, 0.05) is 23.7 Å². The summed E-state index contributed by atoms with van der Waals surface area (Å²) in [5.41, 5.74) is 0.446. The Morgan fingerprint density at radius 1 is 1.44 bits per heavy atom. The molecule has 0 saturated carbocycles. The van der Waals surface area contributed by atoms with E-state index in [9.17, 15) is 13.6 Å². The molecule has 4 nitrogen and oxygen atoms in total. The van der Waals surface area contributed by atoms with E-state index in [-0.39, 0.29) is 6.61 Å². The van der Waals surface area contributed by atoms with E-state index in [1.165, 1.54) is 6.07 Å². The van der Waals surface area contributed by atoms with Crippen LogP contribution in [0.3, 0.4) is 0 Å². The van der Waals surface area contributed by atoms with Crippen molar-refractivity contribution < 1.29 is 18.7 Å². The molecule has 0 radical (unpaired) electrons. The lowest BCUT2D eigenvalue weighted by Gasteiger charge is -2.08. The lowest BCUT2D eigenvalue weighted by molar-refractivity contribution is 0.248. The Bertz CT molecular complexity index is 391. The van der Waals surface area contributed by atoms with Gasteiger partial charge < -0.3 is 15.7 Å². The third-order valence-corrected chi connectivity index (χ3v) is 2.64. The Labute approximate surface area is 108 Å². The first-order valence-electron chi connectivity index (χ1n) is 5.32. The number of aliphatic hydroxyl groups excluding tert-OH is 1. The summed E-state index contributed by atoms with van der Waals surface area (Å²) >= 11 is 0.423. The van der Waals surface area contributed by atoms with E-state index in [0.717, 1.165) is 0 Å². The molecule has 0 heterocycles. The first-order valence-corrected chi connectivity index (χ1v) is 6.20. The number of urea groups is 1. The smallest absolute Gasteiger partial charge is 0.319 e. The fraction of sp³-hybridized carbons (Fsp3) is 0.364. The van der Waals surface area contributed by atoms with Crippen molar-refractivity contribution in [1.82, 2.24) is 5.32 Å². The van der Waals surface area contributed by atoms with Gasteiger partial charge in [0.2, 0.25) is 0 Å². The standard InChI is InChI=1S/C11H14F2N2O2S/c12-10(13)18-9-4-1-3-8(7-9)15-11(17)14-5-2-6-16/h1,3-4,7,10,16H,2,5-6H2,(H2,14,15,17). The molecule has 0 unspecified atom stereocenters. The highest BCUT2D eigenvalue weighted by Gasteiger charge is 2.06. The molecule has 0 saturated heterocycles. The van der Waals surface area contributed by atoms with Gasteiger partial charge in [0.15, 0.2) is 0 Å². The Balaban J connectivity index is 2.48. The zero-order valence-corrected chi connectivity index (χ0v) is 10.3. The molecule has 18 heavy (non-hydrogen) atoms. The van der Waals surface area contributed by atoms with Crippen LogP contribution in [0.15, 0.2) is 29.2 Å². The number of anilines is 1. The Hall–Kier alpha value is -1.34. The van der Waals surface area contributed by atoms with Crippen LogP contribution in [0.1, 0.15) is 6.42 Å². The number of nitrogens with one attached hydrogen (secondary N) is 2. The van der Waals surface area contributed by atoms with E-state index in [0.29, 0.717) is 35.3 Å². The first kappa shape index (κ1) is 14.7. The molecule has 0 fully saturated rings. The van der Waals surface area contributed by atoms with Crippen LogP contribution >= 0.6 is 11.8 Å². The Morgan fingerprint density at radius 2 is 2.22 bits per heavy atom. The minimum atomic E-state index is -2.49. The summed E-state index contributed by atoms with van der Waals surface area (Å²) in [7, 11) is 0. The molecule has 0 aromatic heterocycles. The second-order valence-electron chi connectivity index (χ2n) is 3.36. The Morgan fingerprint density at radius 3 is 2.89 bits per heavy atom. The van der Waals surface area contributed by atoms with Crippen LogP contribution in [0.4, 0.5) is 19.3 Å². The van der Waals surface area contributed by atoms with Gasteiger partial charge in [-0.1, -0.05) is 17.8 Å². The highest BCUT2D eigenvalue weighted by atomic mass is 32.2. The Kier molecular flexibility index (Phi) is 6.45. The minimum Gasteiger partial charge on any atom is -0.396 e. The van der Waals surface area contributed by atoms with Crippen LogP contribution in [-0.2, 0) is 0 Å². The summed E-state index contributed by atoms with van der Waals surface area (Å²) in [6, 6.07) is 5.80. The molecular formula is C11H14F2N2O2S. The minimum absolute atomic E-state index is 0.000787. The van der Waals surface area contributed by atoms with Crippen molar-refractivity contribution in [2.24, 2.45) is 0 Å². The zero-order valence-electron chi connectivity index (χ0n) is 9.53. The number of aliphatic hydroxyl groups is 1. The molecule has 0 aliphatic rings. The number of rotatable bonds is 6.